The summed E-state index contributed by atoms with van der Waals surface area (Å²) in [5, 5.41) is 14.3. The van der Waals surface area contributed by atoms with E-state index in [0.717, 1.165) is 6.42 Å². The van der Waals surface area contributed by atoms with Gasteiger partial charge in [0, 0.05) is 12.1 Å². The monoisotopic (exact) mass is 291 g/mol. The molecule has 0 amide bonds. The summed E-state index contributed by atoms with van der Waals surface area (Å²) in [6, 6.07) is 1.66. The molecule has 0 fully saturated rings. The van der Waals surface area contributed by atoms with E-state index in [1.807, 2.05) is 6.92 Å². The molecule has 1 unspecified atom stereocenters. The molecule has 0 saturated heterocycles. The lowest BCUT2D eigenvalue weighted by Gasteiger charge is -2.10. The molecule has 1 N–H and O–H groups in total. The molecule has 0 radical (unpaired) electrons. The first kappa shape index (κ1) is 12.8. The van der Waals surface area contributed by atoms with Crippen LogP contribution in [-0.4, -0.2) is 19.9 Å². The van der Waals surface area contributed by atoms with Gasteiger partial charge in [0.15, 0.2) is 5.82 Å². The second kappa shape index (κ2) is 5.35. The van der Waals surface area contributed by atoms with E-state index in [-0.39, 0.29) is 0 Å². The van der Waals surface area contributed by atoms with Crippen molar-refractivity contribution in [3.8, 4) is 0 Å². The molecule has 2 aromatic rings. The fourth-order valence-corrected chi connectivity index (χ4v) is 3.07. The van der Waals surface area contributed by atoms with Crippen LogP contribution in [0, 0.1) is 0 Å². The second-order valence-corrected chi connectivity index (χ2v) is 5.81. The van der Waals surface area contributed by atoms with Gasteiger partial charge in [-0.15, -0.1) is 11.3 Å². The molecule has 0 aliphatic carbocycles. The molecule has 4 nitrogen and oxygen atoms in total. The van der Waals surface area contributed by atoms with Gasteiger partial charge in [-0.2, -0.15) is 5.10 Å². The van der Waals surface area contributed by atoms with E-state index in [4.69, 9.17) is 23.2 Å². The summed E-state index contributed by atoms with van der Waals surface area (Å²) < 4.78 is 2.70. The minimum Gasteiger partial charge on any atom is -0.380 e. The molecule has 0 aromatic carbocycles. The number of aryl methyl sites for hydroxylation is 1. The van der Waals surface area contributed by atoms with Crippen LogP contribution in [0.5, 0.6) is 0 Å². The highest BCUT2D eigenvalue weighted by Gasteiger charge is 2.21. The maximum absolute atomic E-state index is 10.2. The molecule has 7 heteroatoms. The van der Waals surface area contributed by atoms with Crippen LogP contribution < -0.4 is 0 Å². The highest BCUT2D eigenvalue weighted by atomic mass is 35.5. The minimum atomic E-state index is -0.889. The Morgan fingerprint density at radius 1 is 1.53 bits per heavy atom. The van der Waals surface area contributed by atoms with Gasteiger partial charge < -0.3 is 5.11 Å². The molecule has 92 valence electrons. The molecule has 2 heterocycles. The molecule has 0 bridgehead atoms. The summed E-state index contributed by atoms with van der Waals surface area (Å²) in [5.41, 5.74) is 0.576. The SMILES string of the molecule is CCCn1ncnc1C(O)c1cc(Cl)sc1Cl. The largest absolute Gasteiger partial charge is 0.380 e. The molecule has 0 saturated carbocycles. The van der Waals surface area contributed by atoms with Crippen LogP contribution in [0.15, 0.2) is 12.4 Å². The van der Waals surface area contributed by atoms with Crippen molar-refractivity contribution in [1.82, 2.24) is 14.8 Å². The molecule has 0 aliphatic rings. The Hall–Kier alpha value is -0.620. The maximum Gasteiger partial charge on any atom is 0.160 e. The van der Waals surface area contributed by atoms with Gasteiger partial charge in [-0.3, -0.25) is 0 Å². The Bertz CT molecular complexity index is 511. The third-order valence-corrected chi connectivity index (χ3v) is 3.82. The van der Waals surface area contributed by atoms with E-state index in [1.165, 1.54) is 17.7 Å². The Balaban J connectivity index is 2.33. The average molecular weight is 292 g/mol. The predicted molar refractivity (Wildman–Crippen MR) is 68.7 cm³/mol. The third kappa shape index (κ3) is 2.63. The van der Waals surface area contributed by atoms with Gasteiger partial charge in [0.2, 0.25) is 0 Å². The number of thiophene rings is 1. The molecule has 1 atom stereocenters. The summed E-state index contributed by atoms with van der Waals surface area (Å²) in [5.74, 6) is 0.489. The van der Waals surface area contributed by atoms with Crippen LogP contribution in [-0.2, 0) is 6.54 Å². The van der Waals surface area contributed by atoms with Gasteiger partial charge in [0.1, 0.15) is 16.8 Å². The zero-order valence-electron chi connectivity index (χ0n) is 9.10. The lowest BCUT2D eigenvalue weighted by Crippen LogP contribution is -2.11. The van der Waals surface area contributed by atoms with E-state index in [0.29, 0.717) is 26.6 Å². The summed E-state index contributed by atoms with van der Waals surface area (Å²) in [4.78, 5) is 4.07. The van der Waals surface area contributed by atoms with E-state index in [2.05, 4.69) is 10.1 Å². The smallest absolute Gasteiger partial charge is 0.160 e. The van der Waals surface area contributed by atoms with Gasteiger partial charge in [-0.25, -0.2) is 9.67 Å². The van der Waals surface area contributed by atoms with E-state index >= 15 is 0 Å². The van der Waals surface area contributed by atoms with Crippen molar-refractivity contribution < 1.29 is 5.11 Å². The number of nitrogens with zero attached hydrogens (tertiary/aromatic N) is 3. The van der Waals surface area contributed by atoms with Gasteiger partial charge in [-0.1, -0.05) is 30.1 Å². The van der Waals surface area contributed by atoms with E-state index in [9.17, 15) is 5.11 Å². The fraction of sp³-hybridized carbons (Fsp3) is 0.400. The fourth-order valence-electron chi connectivity index (χ4n) is 1.55. The number of aromatic nitrogens is 3. The van der Waals surface area contributed by atoms with Crippen molar-refractivity contribution in [2.75, 3.05) is 0 Å². The number of hydrogen-bond acceptors (Lipinski definition) is 4. The molecule has 17 heavy (non-hydrogen) atoms. The first-order chi connectivity index (χ1) is 8.13. The number of aliphatic hydroxyl groups excluding tert-OH is 1. The molecular weight excluding hydrogens is 281 g/mol. The highest BCUT2D eigenvalue weighted by molar-refractivity contribution is 7.20. The Kier molecular flexibility index (Phi) is 4.04. The van der Waals surface area contributed by atoms with E-state index < -0.39 is 6.10 Å². The zero-order chi connectivity index (χ0) is 12.4. The number of hydrogen-bond donors (Lipinski definition) is 1. The summed E-state index contributed by atoms with van der Waals surface area (Å²) in [6.07, 6.45) is 1.46. The van der Waals surface area contributed by atoms with Crippen molar-refractivity contribution in [2.24, 2.45) is 0 Å². The van der Waals surface area contributed by atoms with Crippen molar-refractivity contribution >= 4 is 34.5 Å². The summed E-state index contributed by atoms with van der Waals surface area (Å²) in [6.45, 7) is 2.74. The number of halogens is 2. The van der Waals surface area contributed by atoms with Crippen LogP contribution in [0.3, 0.4) is 0 Å². The number of aliphatic hydroxyl groups is 1. The Labute approximate surface area is 113 Å². The summed E-state index contributed by atoms with van der Waals surface area (Å²) in [7, 11) is 0. The van der Waals surface area contributed by atoms with Crippen LogP contribution in [0.2, 0.25) is 8.67 Å². The Morgan fingerprint density at radius 3 is 2.88 bits per heavy atom. The predicted octanol–water partition coefficient (Wildman–Crippen LogP) is 3.14. The third-order valence-electron chi connectivity index (χ3n) is 2.30. The van der Waals surface area contributed by atoms with Crippen LogP contribution in [0.25, 0.3) is 0 Å². The van der Waals surface area contributed by atoms with Crippen molar-refractivity contribution in [1.29, 1.82) is 0 Å². The quantitative estimate of drug-likeness (QED) is 0.941. The highest BCUT2D eigenvalue weighted by Crippen LogP contribution is 2.36. The van der Waals surface area contributed by atoms with Crippen molar-refractivity contribution in [3.05, 3.63) is 32.5 Å². The maximum atomic E-state index is 10.2. The average Bonchev–Trinajstić information content (AvgIpc) is 2.85. The first-order valence-corrected chi connectivity index (χ1v) is 6.71. The normalized spacial score (nSPS) is 12.9. The molecule has 0 aliphatic heterocycles. The topological polar surface area (TPSA) is 50.9 Å². The van der Waals surface area contributed by atoms with Crippen LogP contribution >= 0.6 is 34.5 Å². The van der Waals surface area contributed by atoms with Gasteiger partial charge in [-0.05, 0) is 12.5 Å². The summed E-state index contributed by atoms with van der Waals surface area (Å²) >= 11 is 13.1. The first-order valence-electron chi connectivity index (χ1n) is 5.14. The van der Waals surface area contributed by atoms with Gasteiger partial charge in [0.05, 0.1) is 4.34 Å². The lowest BCUT2D eigenvalue weighted by molar-refractivity contribution is 0.203. The van der Waals surface area contributed by atoms with Crippen LogP contribution in [0.4, 0.5) is 0 Å². The zero-order valence-corrected chi connectivity index (χ0v) is 11.4. The molecular formula is C10H11Cl2N3OS. The van der Waals surface area contributed by atoms with Gasteiger partial charge in [0.25, 0.3) is 0 Å². The standard InChI is InChI=1S/C10H11Cl2N3OS/c1-2-3-15-10(13-5-14-15)8(16)6-4-7(11)17-9(6)12/h4-5,8,16H,2-3H2,1H3. The minimum absolute atomic E-state index is 0.480. The Morgan fingerprint density at radius 2 is 2.29 bits per heavy atom. The molecule has 0 spiro atoms. The molecule has 2 aromatic heterocycles. The number of rotatable bonds is 4. The van der Waals surface area contributed by atoms with Gasteiger partial charge >= 0.3 is 0 Å². The van der Waals surface area contributed by atoms with Crippen molar-refractivity contribution in [3.63, 3.8) is 0 Å². The van der Waals surface area contributed by atoms with E-state index in [1.54, 1.807) is 10.7 Å². The second-order valence-electron chi connectivity index (χ2n) is 3.52. The molecule has 2 rings (SSSR count). The van der Waals surface area contributed by atoms with Crippen molar-refractivity contribution in [2.45, 2.75) is 26.0 Å². The lowest BCUT2D eigenvalue weighted by atomic mass is 10.2. The van der Waals surface area contributed by atoms with Crippen LogP contribution in [0.1, 0.15) is 30.8 Å².